The van der Waals surface area contributed by atoms with Crippen molar-refractivity contribution in [2.24, 2.45) is 0 Å². The van der Waals surface area contributed by atoms with Crippen LogP contribution >= 0.6 is 10.7 Å². The maximum Gasteiger partial charge on any atom is 0.280 e. The van der Waals surface area contributed by atoms with Crippen LogP contribution in [-0.4, -0.2) is 18.0 Å². The fourth-order valence-corrected chi connectivity index (χ4v) is 3.46. The molecule has 1 saturated carbocycles. The second kappa shape index (κ2) is 6.27. The lowest BCUT2D eigenvalue weighted by Crippen LogP contribution is -2.11. The van der Waals surface area contributed by atoms with Crippen LogP contribution in [0.25, 0.3) is 0 Å². The number of hydrogen-bond acceptors (Lipinski definition) is 3. The molecular weight excluding hydrogens is 284 g/mol. The van der Waals surface area contributed by atoms with E-state index in [0.717, 1.165) is 31.5 Å². The Labute approximate surface area is 119 Å². The average molecular weight is 305 g/mol. The minimum absolute atomic E-state index is 0.00173. The van der Waals surface area contributed by atoms with E-state index in [0.29, 0.717) is 6.04 Å². The van der Waals surface area contributed by atoms with Gasteiger partial charge in [-0.1, -0.05) is 32.6 Å². The van der Waals surface area contributed by atoms with E-state index in [1.807, 2.05) is 0 Å². The zero-order valence-corrected chi connectivity index (χ0v) is 12.9. The van der Waals surface area contributed by atoms with Gasteiger partial charge in [-0.3, -0.25) is 0 Å². The summed E-state index contributed by atoms with van der Waals surface area (Å²) in [5, 5.41) is 0.00173. The summed E-state index contributed by atoms with van der Waals surface area (Å²) in [7, 11) is 1.68. The fourth-order valence-electron chi connectivity index (χ4n) is 2.79. The van der Waals surface area contributed by atoms with E-state index in [1.165, 1.54) is 25.7 Å². The summed E-state index contributed by atoms with van der Waals surface area (Å²) < 4.78 is 24.9. The molecule has 0 atom stereocenters. The molecule has 0 N–H and O–H groups in total. The molecule has 19 heavy (non-hydrogen) atoms. The third-order valence-corrected chi connectivity index (χ3v) is 4.90. The van der Waals surface area contributed by atoms with E-state index < -0.39 is 9.05 Å². The Morgan fingerprint density at radius 1 is 1.32 bits per heavy atom. The van der Waals surface area contributed by atoms with Gasteiger partial charge in [0.25, 0.3) is 9.05 Å². The van der Waals surface area contributed by atoms with Gasteiger partial charge in [0.05, 0.1) is 0 Å². The second-order valence-electron chi connectivity index (χ2n) is 5.24. The number of rotatable bonds is 4. The molecule has 4 nitrogen and oxygen atoms in total. The smallest absolute Gasteiger partial charge is 0.280 e. The average Bonchev–Trinajstić information content (AvgIpc) is 2.59. The first-order valence-electron chi connectivity index (χ1n) is 7.04. The van der Waals surface area contributed by atoms with E-state index in [-0.39, 0.29) is 5.03 Å². The normalized spacial score (nSPS) is 18.4. The van der Waals surface area contributed by atoms with Crippen LogP contribution in [0.1, 0.15) is 63.7 Å². The summed E-state index contributed by atoms with van der Waals surface area (Å²) in [6.07, 6.45) is 10.5. The lowest BCUT2D eigenvalue weighted by molar-refractivity contribution is 0.428. The van der Waals surface area contributed by atoms with Crippen molar-refractivity contribution in [3.8, 4) is 0 Å². The minimum atomic E-state index is -3.73. The Kier molecular flexibility index (Phi) is 4.90. The molecule has 108 valence electrons. The number of aromatic nitrogens is 2. The topological polar surface area (TPSA) is 52.0 Å². The predicted molar refractivity (Wildman–Crippen MR) is 76.0 cm³/mol. The quantitative estimate of drug-likeness (QED) is 0.630. The van der Waals surface area contributed by atoms with Crippen molar-refractivity contribution in [2.75, 3.05) is 0 Å². The summed E-state index contributed by atoms with van der Waals surface area (Å²) in [6, 6.07) is 0.378. The zero-order valence-electron chi connectivity index (χ0n) is 11.3. The molecule has 0 aliphatic heterocycles. The van der Waals surface area contributed by atoms with Crippen LogP contribution in [0.2, 0.25) is 0 Å². The molecule has 0 bridgehead atoms. The molecule has 6 heteroatoms. The highest BCUT2D eigenvalue weighted by molar-refractivity contribution is 8.13. The molecule has 0 radical (unpaired) electrons. The van der Waals surface area contributed by atoms with Crippen LogP contribution in [0.15, 0.2) is 11.2 Å². The van der Waals surface area contributed by atoms with E-state index in [1.54, 1.807) is 6.20 Å². The summed E-state index contributed by atoms with van der Waals surface area (Å²) >= 11 is 0. The minimum Gasteiger partial charge on any atom is -0.330 e. The van der Waals surface area contributed by atoms with Gasteiger partial charge in [-0.15, -0.1) is 0 Å². The van der Waals surface area contributed by atoms with Crippen molar-refractivity contribution in [2.45, 2.75) is 69.4 Å². The lowest BCUT2D eigenvalue weighted by Gasteiger charge is -2.18. The van der Waals surface area contributed by atoms with Gasteiger partial charge in [-0.05, 0) is 19.3 Å². The van der Waals surface area contributed by atoms with Gasteiger partial charge in [0, 0.05) is 29.3 Å². The Hall–Kier alpha value is -0.550. The molecule has 0 aromatic carbocycles. The highest BCUT2D eigenvalue weighted by Gasteiger charge is 2.22. The van der Waals surface area contributed by atoms with Crippen molar-refractivity contribution in [3.63, 3.8) is 0 Å². The zero-order chi connectivity index (χ0) is 13.9. The van der Waals surface area contributed by atoms with Crippen LogP contribution < -0.4 is 0 Å². The van der Waals surface area contributed by atoms with Gasteiger partial charge in [0.1, 0.15) is 5.82 Å². The largest absolute Gasteiger partial charge is 0.330 e. The maximum atomic E-state index is 11.4. The van der Waals surface area contributed by atoms with Gasteiger partial charge in [-0.2, -0.15) is 0 Å². The van der Waals surface area contributed by atoms with Crippen molar-refractivity contribution < 1.29 is 8.42 Å². The van der Waals surface area contributed by atoms with Gasteiger partial charge >= 0.3 is 0 Å². The third kappa shape index (κ3) is 3.72. The number of aryl methyl sites for hydroxylation is 1. The summed E-state index contributed by atoms with van der Waals surface area (Å²) in [6.45, 7) is 2.07. The molecule has 0 unspecified atom stereocenters. The molecule has 0 saturated heterocycles. The molecule has 1 aromatic heterocycles. The molecule has 1 aromatic rings. The molecule has 1 heterocycles. The first-order valence-corrected chi connectivity index (χ1v) is 9.35. The SMILES string of the molecule is CCCc1nc(S(=O)(=O)Cl)cn1C1CCCCCC1. The summed E-state index contributed by atoms with van der Waals surface area (Å²) in [5.41, 5.74) is 0. The molecule has 1 aliphatic rings. The molecule has 1 fully saturated rings. The highest BCUT2D eigenvalue weighted by atomic mass is 35.7. The monoisotopic (exact) mass is 304 g/mol. The predicted octanol–water partition coefficient (Wildman–Crippen LogP) is 3.66. The number of nitrogens with zero attached hydrogens (tertiary/aromatic N) is 2. The first kappa shape index (κ1) is 14.9. The molecule has 0 amide bonds. The van der Waals surface area contributed by atoms with E-state index in [2.05, 4.69) is 16.5 Å². The van der Waals surface area contributed by atoms with Gasteiger partial charge < -0.3 is 4.57 Å². The van der Waals surface area contributed by atoms with Gasteiger partial charge in [-0.25, -0.2) is 13.4 Å². The van der Waals surface area contributed by atoms with Crippen molar-refractivity contribution in [3.05, 3.63) is 12.0 Å². The number of imidazole rings is 1. The Bertz CT molecular complexity index is 517. The van der Waals surface area contributed by atoms with Crippen molar-refractivity contribution >= 4 is 19.7 Å². The third-order valence-electron chi connectivity index (χ3n) is 3.73. The number of halogens is 1. The maximum absolute atomic E-state index is 11.4. The van der Waals surface area contributed by atoms with E-state index in [9.17, 15) is 8.42 Å². The Morgan fingerprint density at radius 3 is 2.47 bits per heavy atom. The first-order chi connectivity index (χ1) is 9.02. The number of hydrogen-bond donors (Lipinski definition) is 0. The summed E-state index contributed by atoms with van der Waals surface area (Å²) in [5.74, 6) is 0.855. The Morgan fingerprint density at radius 2 is 1.95 bits per heavy atom. The fraction of sp³-hybridized carbons (Fsp3) is 0.769. The highest BCUT2D eigenvalue weighted by Crippen LogP contribution is 2.30. The molecule has 0 spiro atoms. The van der Waals surface area contributed by atoms with E-state index >= 15 is 0 Å². The lowest BCUT2D eigenvalue weighted by atomic mass is 10.1. The Balaban J connectivity index is 2.33. The molecule has 2 rings (SSSR count). The van der Waals surface area contributed by atoms with Crippen LogP contribution in [0, 0.1) is 0 Å². The van der Waals surface area contributed by atoms with Crippen molar-refractivity contribution in [1.29, 1.82) is 0 Å². The standard InChI is InChI=1S/C13H21ClN2O2S/c1-2-7-12-15-13(19(14,17)18)10-16(12)11-8-5-3-4-6-9-11/h10-11H,2-9H2,1H3. The molecular formula is C13H21ClN2O2S. The van der Waals surface area contributed by atoms with E-state index in [4.69, 9.17) is 10.7 Å². The van der Waals surface area contributed by atoms with Crippen LogP contribution in [0.3, 0.4) is 0 Å². The summed E-state index contributed by atoms with van der Waals surface area (Å²) in [4.78, 5) is 4.22. The van der Waals surface area contributed by atoms with Crippen LogP contribution in [0.5, 0.6) is 0 Å². The molecule has 1 aliphatic carbocycles. The second-order valence-corrected chi connectivity index (χ2v) is 7.75. The van der Waals surface area contributed by atoms with Gasteiger partial charge in [0.15, 0.2) is 5.03 Å². The van der Waals surface area contributed by atoms with Crippen LogP contribution in [0.4, 0.5) is 0 Å². The van der Waals surface area contributed by atoms with Gasteiger partial charge in [0.2, 0.25) is 0 Å². The van der Waals surface area contributed by atoms with Crippen LogP contribution in [-0.2, 0) is 15.5 Å². The van der Waals surface area contributed by atoms with Crippen molar-refractivity contribution in [1.82, 2.24) is 9.55 Å².